The quantitative estimate of drug-likeness (QED) is 0.902. The standard InChI is InChI=1S/C16H14O5/c17-15(10-4-2-1-3-5-10)14(16(18)19)11-6-7-12-13(8-11)21-9-20-12/h1-8,14-15,17H,9H2,(H,18,19). The first-order valence-corrected chi connectivity index (χ1v) is 6.52. The van der Waals surface area contributed by atoms with Crippen molar-refractivity contribution in [1.82, 2.24) is 0 Å². The van der Waals surface area contributed by atoms with Crippen LogP contribution in [-0.2, 0) is 4.79 Å². The van der Waals surface area contributed by atoms with Crippen LogP contribution in [0.25, 0.3) is 0 Å². The first-order valence-electron chi connectivity index (χ1n) is 6.52. The highest BCUT2D eigenvalue weighted by Gasteiger charge is 2.31. The van der Waals surface area contributed by atoms with Gasteiger partial charge in [-0.15, -0.1) is 0 Å². The van der Waals surface area contributed by atoms with Gasteiger partial charge in [-0.2, -0.15) is 0 Å². The van der Waals surface area contributed by atoms with Crippen LogP contribution in [0.4, 0.5) is 0 Å². The van der Waals surface area contributed by atoms with Gasteiger partial charge in [0.15, 0.2) is 11.5 Å². The summed E-state index contributed by atoms with van der Waals surface area (Å²) >= 11 is 0. The lowest BCUT2D eigenvalue weighted by atomic mass is 9.89. The smallest absolute Gasteiger partial charge is 0.314 e. The van der Waals surface area contributed by atoms with Gasteiger partial charge in [0.25, 0.3) is 0 Å². The van der Waals surface area contributed by atoms with Gasteiger partial charge in [0, 0.05) is 0 Å². The van der Waals surface area contributed by atoms with E-state index < -0.39 is 18.0 Å². The van der Waals surface area contributed by atoms with Crippen LogP contribution in [0.1, 0.15) is 23.1 Å². The second kappa shape index (κ2) is 5.46. The number of rotatable bonds is 4. The lowest BCUT2D eigenvalue weighted by Gasteiger charge is -2.20. The van der Waals surface area contributed by atoms with E-state index in [0.717, 1.165) is 0 Å². The predicted octanol–water partition coefficient (Wildman–Crippen LogP) is 2.32. The van der Waals surface area contributed by atoms with Gasteiger partial charge in [-0.1, -0.05) is 36.4 Å². The Hall–Kier alpha value is -2.53. The summed E-state index contributed by atoms with van der Waals surface area (Å²) in [6.07, 6.45) is -1.14. The number of hydrogen-bond donors (Lipinski definition) is 2. The molecule has 0 amide bonds. The molecular weight excluding hydrogens is 272 g/mol. The van der Waals surface area contributed by atoms with Crippen LogP contribution in [0.5, 0.6) is 11.5 Å². The third-order valence-electron chi connectivity index (χ3n) is 3.48. The van der Waals surface area contributed by atoms with Crippen LogP contribution in [0, 0.1) is 0 Å². The van der Waals surface area contributed by atoms with Crippen molar-refractivity contribution in [3.05, 3.63) is 59.7 Å². The molecule has 0 aliphatic carbocycles. The maximum Gasteiger partial charge on any atom is 0.314 e. The Morgan fingerprint density at radius 3 is 2.43 bits per heavy atom. The van der Waals surface area contributed by atoms with E-state index in [4.69, 9.17) is 9.47 Å². The molecule has 1 heterocycles. The van der Waals surface area contributed by atoms with Crippen molar-refractivity contribution in [2.24, 2.45) is 0 Å². The molecule has 2 aromatic carbocycles. The number of aliphatic hydroxyl groups excluding tert-OH is 1. The van der Waals surface area contributed by atoms with Crippen LogP contribution in [0.3, 0.4) is 0 Å². The molecule has 0 saturated heterocycles. The zero-order chi connectivity index (χ0) is 14.8. The number of carboxylic acids is 1. The molecule has 5 heteroatoms. The number of aliphatic hydroxyl groups is 1. The molecule has 0 saturated carbocycles. The van der Waals surface area contributed by atoms with E-state index in [1.165, 1.54) is 0 Å². The molecule has 5 nitrogen and oxygen atoms in total. The molecule has 0 radical (unpaired) electrons. The molecule has 2 aromatic rings. The van der Waals surface area contributed by atoms with Gasteiger partial charge in [-0.25, -0.2) is 0 Å². The number of carbonyl (C=O) groups is 1. The van der Waals surface area contributed by atoms with Gasteiger partial charge in [-0.05, 0) is 23.3 Å². The number of aliphatic carboxylic acids is 1. The molecule has 0 spiro atoms. The maximum atomic E-state index is 11.6. The largest absolute Gasteiger partial charge is 0.481 e. The summed E-state index contributed by atoms with van der Waals surface area (Å²) in [6.45, 7) is 0.123. The average molecular weight is 286 g/mol. The minimum absolute atomic E-state index is 0.123. The monoisotopic (exact) mass is 286 g/mol. The second-order valence-electron chi connectivity index (χ2n) is 4.78. The molecule has 1 aliphatic heterocycles. The third kappa shape index (κ3) is 2.55. The van der Waals surface area contributed by atoms with Crippen molar-refractivity contribution in [3.8, 4) is 11.5 Å². The minimum atomic E-state index is -1.14. The summed E-state index contributed by atoms with van der Waals surface area (Å²) < 4.78 is 10.5. The lowest BCUT2D eigenvalue weighted by Crippen LogP contribution is -2.20. The molecule has 1 aliphatic rings. The van der Waals surface area contributed by atoms with Gasteiger partial charge in [-0.3, -0.25) is 4.79 Å². The van der Waals surface area contributed by atoms with Crippen LogP contribution in [0.15, 0.2) is 48.5 Å². The highest BCUT2D eigenvalue weighted by atomic mass is 16.7. The van der Waals surface area contributed by atoms with E-state index in [0.29, 0.717) is 22.6 Å². The van der Waals surface area contributed by atoms with Crippen LogP contribution < -0.4 is 9.47 Å². The van der Waals surface area contributed by atoms with Crippen molar-refractivity contribution >= 4 is 5.97 Å². The molecule has 0 fully saturated rings. The molecular formula is C16H14O5. The van der Waals surface area contributed by atoms with E-state index in [2.05, 4.69) is 0 Å². The number of carboxylic acid groups (broad SMARTS) is 1. The molecule has 2 atom stereocenters. The van der Waals surface area contributed by atoms with Crippen LogP contribution >= 0.6 is 0 Å². The lowest BCUT2D eigenvalue weighted by molar-refractivity contribution is -0.141. The Labute approximate surface area is 121 Å². The Kier molecular flexibility index (Phi) is 3.50. The molecule has 3 rings (SSSR count). The van der Waals surface area contributed by atoms with E-state index in [1.54, 1.807) is 42.5 Å². The van der Waals surface area contributed by atoms with Crippen LogP contribution in [0.2, 0.25) is 0 Å². The van der Waals surface area contributed by atoms with Crippen molar-refractivity contribution < 1.29 is 24.5 Å². The zero-order valence-electron chi connectivity index (χ0n) is 11.1. The Morgan fingerprint density at radius 2 is 1.71 bits per heavy atom. The van der Waals surface area contributed by atoms with Gasteiger partial charge in [0.05, 0.1) is 6.10 Å². The van der Waals surface area contributed by atoms with Crippen LogP contribution in [-0.4, -0.2) is 23.0 Å². The summed E-state index contributed by atoms with van der Waals surface area (Å²) in [5.74, 6) is -1.08. The Balaban J connectivity index is 1.97. The second-order valence-corrected chi connectivity index (χ2v) is 4.78. The summed E-state index contributed by atoms with van der Waals surface area (Å²) in [5, 5.41) is 19.9. The predicted molar refractivity (Wildman–Crippen MR) is 74.3 cm³/mol. The number of hydrogen-bond acceptors (Lipinski definition) is 4. The topological polar surface area (TPSA) is 76.0 Å². The highest BCUT2D eigenvalue weighted by molar-refractivity contribution is 5.77. The molecule has 2 N–H and O–H groups in total. The molecule has 21 heavy (non-hydrogen) atoms. The zero-order valence-corrected chi connectivity index (χ0v) is 11.1. The number of ether oxygens (including phenoxy) is 2. The van der Waals surface area contributed by atoms with Crippen molar-refractivity contribution in [3.63, 3.8) is 0 Å². The summed E-state index contributed by atoms with van der Waals surface area (Å²) in [6, 6.07) is 13.6. The normalized spacial score (nSPS) is 15.5. The first kappa shape index (κ1) is 13.5. The van der Waals surface area contributed by atoms with Gasteiger partial charge >= 0.3 is 5.97 Å². The SMILES string of the molecule is O=C(O)C(c1ccc2c(c1)OCO2)C(O)c1ccccc1. The average Bonchev–Trinajstić information content (AvgIpc) is 2.95. The maximum absolute atomic E-state index is 11.6. The molecule has 108 valence electrons. The van der Waals surface area contributed by atoms with Gasteiger partial charge in [0.1, 0.15) is 5.92 Å². The highest BCUT2D eigenvalue weighted by Crippen LogP contribution is 2.38. The van der Waals surface area contributed by atoms with E-state index in [1.807, 2.05) is 6.07 Å². The summed E-state index contributed by atoms with van der Waals surface area (Å²) in [5.41, 5.74) is 1.03. The fourth-order valence-electron chi connectivity index (χ4n) is 2.41. The fraction of sp³-hybridized carbons (Fsp3) is 0.188. The van der Waals surface area contributed by atoms with Gasteiger partial charge in [0.2, 0.25) is 6.79 Å². The van der Waals surface area contributed by atoms with Crippen molar-refractivity contribution in [1.29, 1.82) is 0 Å². The molecule has 0 aromatic heterocycles. The molecule has 0 bridgehead atoms. The number of benzene rings is 2. The Bertz CT molecular complexity index is 653. The molecule has 2 unspecified atom stereocenters. The van der Waals surface area contributed by atoms with Crippen molar-refractivity contribution in [2.75, 3.05) is 6.79 Å². The summed E-state index contributed by atoms with van der Waals surface area (Å²) in [7, 11) is 0. The fourth-order valence-corrected chi connectivity index (χ4v) is 2.41. The van der Waals surface area contributed by atoms with Crippen molar-refractivity contribution in [2.45, 2.75) is 12.0 Å². The summed E-state index contributed by atoms with van der Waals surface area (Å²) in [4.78, 5) is 11.6. The third-order valence-corrected chi connectivity index (χ3v) is 3.48. The number of fused-ring (bicyclic) bond motifs is 1. The van der Waals surface area contributed by atoms with E-state index in [9.17, 15) is 15.0 Å². The van der Waals surface area contributed by atoms with Gasteiger partial charge < -0.3 is 19.7 Å². The Morgan fingerprint density at radius 1 is 1.00 bits per heavy atom. The first-order chi connectivity index (χ1) is 10.2. The van der Waals surface area contributed by atoms with E-state index >= 15 is 0 Å². The van der Waals surface area contributed by atoms with E-state index in [-0.39, 0.29) is 6.79 Å². The minimum Gasteiger partial charge on any atom is -0.481 e.